The molecule has 3 rings (SSSR count). The number of amides is 1. The van der Waals surface area contributed by atoms with E-state index in [1.807, 2.05) is 30.3 Å². The van der Waals surface area contributed by atoms with Gasteiger partial charge in [0.05, 0.1) is 25.2 Å². The highest BCUT2D eigenvalue weighted by Crippen LogP contribution is 2.00. The number of aromatic amines is 1. The van der Waals surface area contributed by atoms with Crippen molar-refractivity contribution in [2.45, 2.75) is 19.7 Å². The van der Waals surface area contributed by atoms with Gasteiger partial charge in [-0.3, -0.25) is 0 Å². The minimum absolute atomic E-state index is 0. The van der Waals surface area contributed by atoms with Gasteiger partial charge >= 0.3 is 11.9 Å². The third-order valence-corrected chi connectivity index (χ3v) is 2.93. The molecule has 12 heteroatoms. The summed E-state index contributed by atoms with van der Waals surface area (Å²) in [7, 11) is 3.41. The average molecular weight is 363 g/mol. The largest absolute Gasteiger partial charge is 0.445 e. The number of nitrogens with two attached hydrogens (primary N) is 1. The van der Waals surface area contributed by atoms with Crippen LogP contribution in [-0.4, -0.2) is 41.7 Å². The Morgan fingerprint density at radius 1 is 1.38 bits per heavy atom. The number of tetrazole rings is 2. The Morgan fingerprint density at radius 3 is 2.69 bits per heavy atom. The molecule has 3 aromatic rings. The number of carbonyl (C=O) groups excluding carboxylic acids is 1. The maximum absolute atomic E-state index is 11.4. The number of aromatic nitrogens is 8. The van der Waals surface area contributed by atoms with Gasteiger partial charge in [0.1, 0.15) is 13.7 Å². The van der Waals surface area contributed by atoms with Gasteiger partial charge in [0.2, 0.25) is 0 Å². The standard InChI is InChI=1S/C11H13N5O2.C3H7N5.H2/c1-16-14-10(13-15-16)7-12-11(17)18-8-9-5-3-2-4-6-9;1-8-6-3(2-4)5-7-8;/h2-6H,7-8H2,1H3,(H,12,17);2,4H2,1H3;1H/p+1. The normalized spacial score (nSPS) is 9.96. The number of ether oxygens (including phenoxy) is 1. The van der Waals surface area contributed by atoms with Crippen molar-refractivity contribution in [2.75, 3.05) is 0 Å². The SMILES string of the molecule is C[n+]1nc(CN)n[nH]1.Cn1nnc(CNC(=O)OCc2ccccc2)n1.[HH]. The third kappa shape index (κ3) is 6.60. The number of hydrogen-bond donors (Lipinski definition) is 3. The zero-order chi connectivity index (χ0) is 18.8. The minimum atomic E-state index is -0.508. The van der Waals surface area contributed by atoms with Crippen LogP contribution in [0.3, 0.4) is 0 Å². The van der Waals surface area contributed by atoms with Crippen molar-refractivity contribution in [1.82, 2.24) is 40.9 Å². The molecular weight excluding hydrogens is 340 g/mol. The first-order chi connectivity index (χ1) is 12.6. The van der Waals surface area contributed by atoms with Crippen LogP contribution in [-0.2, 0) is 38.5 Å². The van der Waals surface area contributed by atoms with Crippen molar-refractivity contribution < 1.29 is 15.8 Å². The Kier molecular flexibility index (Phi) is 7.12. The van der Waals surface area contributed by atoms with Gasteiger partial charge < -0.3 is 15.8 Å². The summed E-state index contributed by atoms with van der Waals surface area (Å²) in [5, 5.41) is 24.0. The molecule has 0 fully saturated rings. The highest BCUT2D eigenvalue weighted by molar-refractivity contribution is 5.66. The second kappa shape index (κ2) is 9.78. The molecule has 0 atom stereocenters. The molecule has 0 saturated carbocycles. The lowest BCUT2D eigenvalue weighted by Crippen LogP contribution is -2.33. The number of rotatable bonds is 5. The molecule has 0 aliphatic heterocycles. The van der Waals surface area contributed by atoms with Crippen molar-refractivity contribution in [3.05, 3.63) is 47.5 Å². The van der Waals surface area contributed by atoms with Crippen LogP contribution in [0.5, 0.6) is 0 Å². The van der Waals surface area contributed by atoms with Gasteiger partial charge in [0, 0.05) is 1.43 Å². The quantitative estimate of drug-likeness (QED) is 0.486. The van der Waals surface area contributed by atoms with Crippen LogP contribution in [0.25, 0.3) is 0 Å². The molecule has 0 spiro atoms. The van der Waals surface area contributed by atoms with E-state index in [4.69, 9.17) is 10.5 Å². The molecule has 140 valence electrons. The topological polar surface area (TPSA) is 153 Å². The van der Waals surface area contributed by atoms with Crippen molar-refractivity contribution in [3.8, 4) is 0 Å². The Morgan fingerprint density at radius 2 is 2.15 bits per heavy atom. The summed E-state index contributed by atoms with van der Waals surface area (Å²) in [5.74, 6) is 1.07. The fourth-order valence-corrected chi connectivity index (χ4v) is 1.75. The fourth-order valence-electron chi connectivity index (χ4n) is 1.75. The van der Waals surface area contributed by atoms with Crippen molar-refractivity contribution in [1.29, 1.82) is 0 Å². The van der Waals surface area contributed by atoms with Gasteiger partial charge in [-0.1, -0.05) is 35.1 Å². The third-order valence-electron chi connectivity index (χ3n) is 2.93. The van der Waals surface area contributed by atoms with Gasteiger partial charge in [-0.25, -0.2) is 4.79 Å². The van der Waals surface area contributed by atoms with E-state index >= 15 is 0 Å². The van der Waals surface area contributed by atoms with E-state index in [9.17, 15) is 4.79 Å². The maximum Gasteiger partial charge on any atom is 0.407 e. The van der Waals surface area contributed by atoms with Crippen molar-refractivity contribution in [3.63, 3.8) is 0 Å². The number of aryl methyl sites for hydroxylation is 2. The predicted octanol–water partition coefficient (Wildman–Crippen LogP) is -1.03. The maximum atomic E-state index is 11.4. The fraction of sp³-hybridized carbons (Fsp3) is 0.357. The molecule has 0 aliphatic carbocycles. The summed E-state index contributed by atoms with van der Waals surface area (Å²) in [5.41, 5.74) is 6.14. The zero-order valence-electron chi connectivity index (χ0n) is 14.5. The number of alkyl carbamates (subject to hydrolysis) is 1. The lowest BCUT2D eigenvalue weighted by molar-refractivity contribution is -0.784. The van der Waals surface area contributed by atoms with Gasteiger partial charge in [0.25, 0.3) is 0 Å². The summed E-state index contributed by atoms with van der Waals surface area (Å²) >= 11 is 0. The average Bonchev–Trinajstić information content (AvgIpc) is 3.27. The Balaban J connectivity index is 0.000000342. The molecule has 26 heavy (non-hydrogen) atoms. The summed E-state index contributed by atoms with van der Waals surface area (Å²) in [6.07, 6.45) is -0.508. The Hall–Kier alpha value is -3.41. The van der Waals surface area contributed by atoms with Crippen molar-refractivity contribution >= 4 is 6.09 Å². The van der Waals surface area contributed by atoms with E-state index in [1.54, 1.807) is 14.1 Å². The second-order valence-corrected chi connectivity index (χ2v) is 5.07. The Bertz CT molecular complexity index is 807. The van der Waals surface area contributed by atoms with E-state index in [-0.39, 0.29) is 14.6 Å². The number of hydrogen-bond acceptors (Lipinski definition) is 8. The molecule has 0 unspecified atom stereocenters. The van der Waals surface area contributed by atoms with E-state index in [0.29, 0.717) is 18.2 Å². The van der Waals surface area contributed by atoms with Crippen molar-refractivity contribution in [2.24, 2.45) is 19.8 Å². The van der Waals surface area contributed by atoms with Crippen LogP contribution < -0.4 is 15.8 Å². The predicted molar refractivity (Wildman–Crippen MR) is 89.8 cm³/mol. The summed E-state index contributed by atoms with van der Waals surface area (Å²) in [6, 6.07) is 9.46. The van der Waals surface area contributed by atoms with Gasteiger partial charge in [-0.2, -0.15) is 4.80 Å². The monoisotopic (exact) mass is 363 g/mol. The first kappa shape index (κ1) is 18.9. The molecule has 12 nitrogen and oxygen atoms in total. The molecule has 2 aromatic heterocycles. The number of nitrogens with one attached hydrogen (secondary N) is 2. The number of H-pyrrole nitrogens is 1. The van der Waals surface area contributed by atoms with Crippen LogP contribution in [0.1, 0.15) is 18.6 Å². The molecule has 0 aliphatic rings. The van der Waals surface area contributed by atoms with Gasteiger partial charge in [-0.05, 0) is 21.1 Å². The molecule has 0 saturated heterocycles. The van der Waals surface area contributed by atoms with Gasteiger partial charge in [0.15, 0.2) is 5.82 Å². The molecule has 1 amide bonds. The molecule has 4 N–H and O–H groups in total. The lowest BCUT2D eigenvalue weighted by Gasteiger charge is -2.05. The van der Waals surface area contributed by atoms with Crippen LogP contribution in [0.2, 0.25) is 0 Å². The smallest absolute Gasteiger partial charge is 0.407 e. The number of benzene rings is 1. The molecule has 0 bridgehead atoms. The summed E-state index contributed by atoms with van der Waals surface area (Å²) in [4.78, 5) is 14.2. The van der Waals surface area contributed by atoms with E-state index in [2.05, 4.69) is 36.1 Å². The number of nitrogens with zero attached hydrogens (tertiary/aromatic N) is 7. The first-order valence-corrected chi connectivity index (χ1v) is 7.72. The molecular formula is C14H23N10O2+. The van der Waals surface area contributed by atoms with E-state index < -0.39 is 6.09 Å². The highest BCUT2D eigenvalue weighted by Gasteiger charge is 2.05. The highest BCUT2D eigenvalue weighted by atomic mass is 16.5. The summed E-state index contributed by atoms with van der Waals surface area (Å²) < 4.78 is 5.02. The van der Waals surface area contributed by atoms with E-state index in [0.717, 1.165) is 5.56 Å². The van der Waals surface area contributed by atoms with Crippen LogP contribution >= 0.6 is 0 Å². The second-order valence-electron chi connectivity index (χ2n) is 5.07. The minimum Gasteiger partial charge on any atom is -0.445 e. The lowest BCUT2D eigenvalue weighted by atomic mass is 10.2. The van der Waals surface area contributed by atoms with E-state index in [1.165, 1.54) is 9.59 Å². The van der Waals surface area contributed by atoms with Gasteiger partial charge in [-0.15, -0.1) is 10.2 Å². The van der Waals surface area contributed by atoms with Crippen LogP contribution in [0.15, 0.2) is 30.3 Å². The first-order valence-electron chi connectivity index (χ1n) is 7.72. The molecule has 2 heterocycles. The molecule has 1 aromatic carbocycles. The zero-order valence-corrected chi connectivity index (χ0v) is 14.5. The van der Waals surface area contributed by atoms with Crippen LogP contribution in [0, 0.1) is 0 Å². The van der Waals surface area contributed by atoms with Crippen LogP contribution in [0.4, 0.5) is 4.79 Å². The molecule has 0 radical (unpaired) electrons. The number of carbonyl (C=O) groups is 1. The summed E-state index contributed by atoms with van der Waals surface area (Å²) in [6.45, 7) is 0.819. The Labute approximate surface area is 150 Å².